The second-order valence-corrected chi connectivity index (χ2v) is 10.1. The average molecular weight is 478 g/mol. The van der Waals surface area contributed by atoms with Gasteiger partial charge in [0.1, 0.15) is 0 Å². The van der Waals surface area contributed by atoms with E-state index in [1.165, 1.54) is 10.6 Å². The molecule has 1 N–H and O–H groups in total. The molecule has 0 unspecified atom stereocenters. The van der Waals surface area contributed by atoms with Gasteiger partial charge in [-0.1, -0.05) is 30.3 Å². The second kappa shape index (κ2) is 9.69. The van der Waals surface area contributed by atoms with Gasteiger partial charge in [0.2, 0.25) is 15.9 Å². The van der Waals surface area contributed by atoms with Gasteiger partial charge in [0.05, 0.1) is 18.4 Å². The second-order valence-electron chi connectivity index (χ2n) is 8.23. The van der Waals surface area contributed by atoms with Gasteiger partial charge in [-0.15, -0.1) is 0 Å². The third kappa shape index (κ3) is 5.12. The average Bonchev–Trinajstić information content (AvgIpc) is 3.25. The molecule has 4 rings (SSSR count). The number of rotatable bonds is 7. The van der Waals surface area contributed by atoms with Gasteiger partial charge in [-0.3, -0.25) is 13.9 Å². The SMILES string of the molecule is CCN(C(=O)Cc1ccc(NC(=O)c2ccc3c(c2)CCN3S(C)(=O)=O)cc1)c1ccccc1. The highest BCUT2D eigenvalue weighted by molar-refractivity contribution is 7.92. The Morgan fingerprint density at radius 1 is 1.00 bits per heavy atom. The number of benzene rings is 3. The van der Waals surface area contributed by atoms with E-state index in [1.54, 1.807) is 35.2 Å². The number of anilines is 3. The van der Waals surface area contributed by atoms with Crippen LogP contribution in [0.5, 0.6) is 0 Å². The van der Waals surface area contributed by atoms with E-state index in [-0.39, 0.29) is 18.2 Å². The molecule has 0 bridgehead atoms. The largest absolute Gasteiger partial charge is 0.322 e. The Balaban J connectivity index is 1.40. The van der Waals surface area contributed by atoms with Crippen molar-refractivity contribution in [3.05, 3.63) is 89.5 Å². The quantitative estimate of drug-likeness (QED) is 0.560. The first kappa shape index (κ1) is 23.5. The van der Waals surface area contributed by atoms with Crippen molar-refractivity contribution in [2.45, 2.75) is 19.8 Å². The number of carbonyl (C=O) groups excluding carboxylic acids is 2. The van der Waals surface area contributed by atoms with Gasteiger partial charge in [0.15, 0.2) is 0 Å². The summed E-state index contributed by atoms with van der Waals surface area (Å²) >= 11 is 0. The lowest BCUT2D eigenvalue weighted by atomic mass is 10.1. The zero-order valence-corrected chi connectivity index (χ0v) is 20.0. The van der Waals surface area contributed by atoms with Crippen LogP contribution >= 0.6 is 0 Å². The molecule has 0 aliphatic carbocycles. The van der Waals surface area contributed by atoms with Gasteiger partial charge in [0.25, 0.3) is 5.91 Å². The van der Waals surface area contributed by atoms with E-state index in [2.05, 4.69) is 5.32 Å². The van der Waals surface area contributed by atoms with Crippen LogP contribution in [0, 0.1) is 0 Å². The van der Waals surface area contributed by atoms with Crippen molar-refractivity contribution in [2.75, 3.05) is 33.9 Å². The number of para-hydroxylation sites is 1. The summed E-state index contributed by atoms with van der Waals surface area (Å²) in [5, 5.41) is 2.87. The molecule has 3 aromatic rings. The molecular weight excluding hydrogens is 450 g/mol. The van der Waals surface area contributed by atoms with E-state index in [0.29, 0.717) is 36.4 Å². The molecular formula is C26H27N3O4S. The van der Waals surface area contributed by atoms with Crippen LogP contribution in [0.4, 0.5) is 17.1 Å². The maximum Gasteiger partial charge on any atom is 0.255 e. The van der Waals surface area contributed by atoms with Crippen LogP contribution in [-0.4, -0.2) is 39.6 Å². The van der Waals surface area contributed by atoms with Crippen molar-refractivity contribution >= 4 is 38.9 Å². The molecule has 1 aliphatic heterocycles. The Morgan fingerprint density at radius 2 is 1.71 bits per heavy atom. The van der Waals surface area contributed by atoms with Gasteiger partial charge in [0, 0.05) is 30.0 Å². The minimum Gasteiger partial charge on any atom is -0.322 e. The van der Waals surface area contributed by atoms with Crippen molar-refractivity contribution in [3.8, 4) is 0 Å². The lowest BCUT2D eigenvalue weighted by Gasteiger charge is -2.21. The van der Waals surface area contributed by atoms with Crippen molar-refractivity contribution < 1.29 is 18.0 Å². The normalized spacial score (nSPS) is 12.8. The highest BCUT2D eigenvalue weighted by Crippen LogP contribution is 2.31. The van der Waals surface area contributed by atoms with E-state index in [1.807, 2.05) is 49.4 Å². The summed E-state index contributed by atoms with van der Waals surface area (Å²) in [4.78, 5) is 27.3. The van der Waals surface area contributed by atoms with Crippen LogP contribution in [0.3, 0.4) is 0 Å². The first-order valence-electron chi connectivity index (χ1n) is 11.1. The Hall–Kier alpha value is -3.65. The van der Waals surface area contributed by atoms with E-state index in [4.69, 9.17) is 0 Å². The Bertz CT molecular complexity index is 1310. The molecule has 176 valence electrons. The molecule has 3 aromatic carbocycles. The summed E-state index contributed by atoms with van der Waals surface area (Å²) in [5.41, 5.74) is 4.28. The fraction of sp³-hybridized carbons (Fsp3) is 0.231. The fourth-order valence-corrected chi connectivity index (χ4v) is 5.11. The van der Waals surface area contributed by atoms with Gasteiger partial charge in [-0.05, 0) is 66.9 Å². The highest BCUT2D eigenvalue weighted by Gasteiger charge is 2.26. The van der Waals surface area contributed by atoms with E-state index in [9.17, 15) is 18.0 Å². The molecule has 0 aromatic heterocycles. The first-order chi connectivity index (χ1) is 16.3. The van der Waals surface area contributed by atoms with Crippen LogP contribution in [0.15, 0.2) is 72.8 Å². The summed E-state index contributed by atoms with van der Waals surface area (Å²) in [6, 6.07) is 21.8. The number of nitrogens with zero attached hydrogens (tertiary/aromatic N) is 2. The topological polar surface area (TPSA) is 86.8 Å². The standard InChI is InChI=1S/C26H27N3O4S/c1-3-28(23-7-5-4-6-8-23)25(30)17-19-9-12-22(13-10-19)27-26(31)21-11-14-24-20(18-21)15-16-29(24)34(2,32)33/h4-14,18H,3,15-17H2,1-2H3,(H,27,31). The molecule has 34 heavy (non-hydrogen) atoms. The number of likely N-dealkylation sites (N-methyl/N-ethyl adjacent to an activating group) is 1. The van der Waals surface area contributed by atoms with Crippen LogP contribution < -0.4 is 14.5 Å². The third-order valence-corrected chi connectivity index (χ3v) is 7.03. The molecule has 0 atom stereocenters. The zero-order valence-electron chi connectivity index (χ0n) is 19.2. The number of hydrogen-bond donors (Lipinski definition) is 1. The summed E-state index contributed by atoms with van der Waals surface area (Å²) < 4.78 is 25.2. The Morgan fingerprint density at radius 3 is 2.35 bits per heavy atom. The van der Waals surface area contributed by atoms with Gasteiger partial charge >= 0.3 is 0 Å². The highest BCUT2D eigenvalue weighted by atomic mass is 32.2. The summed E-state index contributed by atoms with van der Waals surface area (Å²) in [7, 11) is -3.33. The fourth-order valence-electron chi connectivity index (χ4n) is 4.15. The predicted molar refractivity (Wildman–Crippen MR) is 135 cm³/mol. The van der Waals surface area contributed by atoms with Crippen LogP contribution in [-0.2, 0) is 27.7 Å². The minimum absolute atomic E-state index is 0.00626. The van der Waals surface area contributed by atoms with E-state index >= 15 is 0 Å². The number of nitrogens with one attached hydrogen (secondary N) is 1. The monoisotopic (exact) mass is 477 g/mol. The maximum absolute atomic E-state index is 12.8. The number of amides is 2. The smallest absolute Gasteiger partial charge is 0.255 e. The minimum atomic E-state index is -3.33. The van der Waals surface area contributed by atoms with Crippen LogP contribution in [0.2, 0.25) is 0 Å². The van der Waals surface area contributed by atoms with Crippen molar-refractivity contribution in [1.82, 2.24) is 0 Å². The van der Waals surface area contributed by atoms with Gasteiger partial charge < -0.3 is 10.2 Å². The summed E-state index contributed by atoms with van der Waals surface area (Å²) in [5.74, 6) is -0.266. The molecule has 2 amide bonds. The molecule has 1 heterocycles. The molecule has 0 saturated heterocycles. The molecule has 0 fully saturated rings. The lowest BCUT2D eigenvalue weighted by Crippen LogP contribution is -2.31. The predicted octanol–water partition coefficient (Wildman–Crippen LogP) is 3.86. The first-order valence-corrected chi connectivity index (χ1v) is 13.0. The maximum atomic E-state index is 12.8. The molecule has 8 heteroatoms. The van der Waals surface area contributed by atoms with Crippen molar-refractivity contribution in [3.63, 3.8) is 0 Å². The number of hydrogen-bond acceptors (Lipinski definition) is 4. The lowest BCUT2D eigenvalue weighted by molar-refractivity contribution is -0.117. The van der Waals surface area contributed by atoms with Crippen molar-refractivity contribution in [2.24, 2.45) is 0 Å². The van der Waals surface area contributed by atoms with Crippen LogP contribution in [0.25, 0.3) is 0 Å². The zero-order chi connectivity index (χ0) is 24.3. The van der Waals surface area contributed by atoms with E-state index < -0.39 is 10.0 Å². The summed E-state index contributed by atoms with van der Waals surface area (Å²) in [6.45, 7) is 2.92. The third-order valence-electron chi connectivity index (χ3n) is 5.85. The van der Waals surface area contributed by atoms with Gasteiger partial charge in [-0.25, -0.2) is 8.42 Å². The van der Waals surface area contributed by atoms with E-state index in [0.717, 1.165) is 16.8 Å². The number of carbonyl (C=O) groups is 2. The Kier molecular flexibility index (Phi) is 6.70. The Labute approximate surface area is 200 Å². The molecule has 0 radical (unpaired) electrons. The molecule has 0 saturated carbocycles. The molecule has 1 aliphatic rings. The molecule has 0 spiro atoms. The van der Waals surface area contributed by atoms with Gasteiger partial charge in [-0.2, -0.15) is 0 Å². The molecule has 7 nitrogen and oxygen atoms in total. The number of sulfonamides is 1. The summed E-state index contributed by atoms with van der Waals surface area (Å²) in [6.07, 6.45) is 2.02. The number of fused-ring (bicyclic) bond motifs is 1. The van der Waals surface area contributed by atoms with Crippen LogP contribution in [0.1, 0.15) is 28.4 Å². The van der Waals surface area contributed by atoms with Crippen molar-refractivity contribution in [1.29, 1.82) is 0 Å².